The summed E-state index contributed by atoms with van der Waals surface area (Å²) in [5, 5.41) is 21.0. The molecule has 0 aromatic carbocycles. The standard InChI is InChI=1S/C11H15NO5S/c1-11(16,6-18-2)5-12-9(13)7-3-4-8(17-7)10(14)15/h3-4,16H,5-6H2,1-2H3,(H,12,13)(H,14,15). The van der Waals surface area contributed by atoms with Crippen LogP contribution >= 0.6 is 11.8 Å². The Hall–Kier alpha value is -1.47. The van der Waals surface area contributed by atoms with Crippen LogP contribution in [0.25, 0.3) is 0 Å². The van der Waals surface area contributed by atoms with Crippen LogP contribution in [-0.2, 0) is 0 Å². The van der Waals surface area contributed by atoms with Gasteiger partial charge in [-0.15, -0.1) is 0 Å². The monoisotopic (exact) mass is 273 g/mol. The number of carboxylic acid groups (broad SMARTS) is 1. The first kappa shape index (κ1) is 14.6. The molecule has 7 heteroatoms. The maximum absolute atomic E-state index is 11.6. The van der Waals surface area contributed by atoms with E-state index >= 15 is 0 Å². The summed E-state index contributed by atoms with van der Waals surface area (Å²) in [5.74, 6) is -1.69. The van der Waals surface area contributed by atoms with Gasteiger partial charge in [-0.2, -0.15) is 11.8 Å². The van der Waals surface area contributed by atoms with Gasteiger partial charge in [-0.05, 0) is 25.3 Å². The second-order valence-corrected chi connectivity index (χ2v) is 4.95. The molecule has 0 aliphatic rings. The fraction of sp³-hybridized carbons (Fsp3) is 0.455. The van der Waals surface area contributed by atoms with E-state index in [0.29, 0.717) is 5.75 Å². The molecule has 1 unspecified atom stereocenters. The van der Waals surface area contributed by atoms with Gasteiger partial charge in [0.15, 0.2) is 5.76 Å². The predicted octanol–water partition coefficient (Wildman–Crippen LogP) is 0.822. The van der Waals surface area contributed by atoms with Crippen molar-refractivity contribution in [3.05, 3.63) is 23.7 Å². The second kappa shape index (κ2) is 5.92. The molecule has 0 radical (unpaired) electrons. The van der Waals surface area contributed by atoms with Gasteiger partial charge in [0, 0.05) is 12.3 Å². The summed E-state index contributed by atoms with van der Waals surface area (Å²) >= 11 is 1.46. The minimum absolute atomic E-state index is 0.0653. The lowest BCUT2D eigenvalue weighted by atomic mass is 10.1. The molecular formula is C11H15NO5S. The Kier molecular flexibility index (Phi) is 4.80. The van der Waals surface area contributed by atoms with Gasteiger partial charge in [-0.3, -0.25) is 4.79 Å². The average Bonchev–Trinajstić information content (AvgIpc) is 2.75. The normalized spacial score (nSPS) is 13.9. The number of carboxylic acids is 1. The first-order valence-electron chi connectivity index (χ1n) is 5.18. The Morgan fingerprint density at radius 1 is 1.44 bits per heavy atom. The van der Waals surface area contributed by atoms with Crippen molar-refractivity contribution in [3.8, 4) is 0 Å². The molecule has 1 rings (SSSR count). The van der Waals surface area contributed by atoms with Gasteiger partial charge in [-0.25, -0.2) is 4.79 Å². The molecule has 0 aliphatic carbocycles. The molecule has 1 aromatic heterocycles. The molecule has 1 atom stereocenters. The molecule has 0 spiro atoms. The summed E-state index contributed by atoms with van der Waals surface area (Å²) in [6.45, 7) is 1.67. The third kappa shape index (κ3) is 4.08. The number of hydrogen-bond acceptors (Lipinski definition) is 5. The molecule has 1 amide bonds. The number of hydrogen-bond donors (Lipinski definition) is 3. The first-order valence-corrected chi connectivity index (χ1v) is 6.58. The Morgan fingerprint density at radius 2 is 2.06 bits per heavy atom. The zero-order valence-electron chi connectivity index (χ0n) is 10.1. The number of amides is 1. The van der Waals surface area contributed by atoms with Crippen LogP contribution in [0.3, 0.4) is 0 Å². The van der Waals surface area contributed by atoms with Gasteiger partial charge >= 0.3 is 5.97 Å². The molecule has 0 saturated heterocycles. The van der Waals surface area contributed by atoms with E-state index in [-0.39, 0.29) is 18.1 Å². The highest BCUT2D eigenvalue weighted by Gasteiger charge is 2.22. The first-order chi connectivity index (χ1) is 8.35. The molecule has 0 saturated carbocycles. The fourth-order valence-corrected chi connectivity index (χ4v) is 2.02. The lowest BCUT2D eigenvalue weighted by molar-refractivity contribution is 0.0650. The average molecular weight is 273 g/mol. The SMILES string of the molecule is CSCC(C)(O)CNC(=O)c1ccc(C(=O)O)o1. The van der Waals surface area contributed by atoms with Crippen molar-refractivity contribution in [1.29, 1.82) is 0 Å². The summed E-state index contributed by atoms with van der Waals surface area (Å²) in [5.41, 5.74) is -1.02. The van der Waals surface area contributed by atoms with Gasteiger partial charge in [-0.1, -0.05) is 0 Å². The largest absolute Gasteiger partial charge is 0.475 e. The Labute approximate surface area is 108 Å². The van der Waals surface area contributed by atoms with Crippen molar-refractivity contribution >= 4 is 23.6 Å². The molecule has 3 N–H and O–H groups in total. The number of aromatic carboxylic acids is 1. The van der Waals surface area contributed by atoms with Gasteiger partial charge in [0.2, 0.25) is 5.76 Å². The van der Waals surface area contributed by atoms with Crippen LogP contribution in [0.4, 0.5) is 0 Å². The Bertz CT molecular complexity index is 440. The van der Waals surface area contributed by atoms with Crippen molar-refractivity contribution in [2.24, 2.45) is 0 Å². The van der Waals surface area contributed by atoms with Gasteiger partial charge in [0.1, 0.15) is 0 Å². The van der Waals surface area contributed by atoms with E-state index in [1.54, 1.807) is 6.92 Å². The van der Waals surface area contributed by atoms with Crippen LogP contribution in [0.15, 0.2) is 16.5 Å². The van der Waals surface area contributed by atoms with Crippen LogP contribution in [-0.4, -0.2) is 46.2 Å². The summed E-state index contributed by atoms with van der Waals surface area (Å²) < 4.78 is 4.83. The molecule has 0 aliphatic heterocycles. The minimum Gasteiger partial charge on any atom is -0.475 e. The number of aliphatic hydroxyl groups is 1. The van der Waals surface area contributed by atoms with Crippen molar-refractivity contribution in [2.45, 2.75) is 12.5 Å². The number of carbonyl (C=O) groups is 2. The second-order valence-electron chi connectivity index (χ2n) is 4.08. The number of carbonyl (C=O) groups excluding carboxylic acids is 1. The van der Waals surface area contributed by atoms with Crippen LogP contribution in [0.1, 0.15) is 28.0 Å². The molecule has 1 aromatic rings. The lowest BCUT2D eigenvalue weighted by Crippen LogP contribution is -2.42. The lowest BCUT2D eigenvalue weighted by Gasteiger charge is -2.22. The van der Waals surface area contributed by atoms with E-state index in [1.165, 1.54) is 23.9 Å². The van der Waals surface area contributed by atoms with E-state index in [1.807, 2.05) is 6.26 Å². The minimum atomic E-state index is -1.23. The summed E-state index contributed by atoms with van der Waals surface area (Å²) in [7, 11) is 0. The zero-order valence-corrected chi connectivity index (χ0v) is 10.9. The third-order valence-electron chi connectivity index (χ3n) is 2.13. The van der Waals surface area contributed by atoms with E-state index in [0.717, 1.165) is 0 Å². The number of furan rings is 1. The zero-order chi connectivity index (χ0) is 13.8. The van der Waals surface area contributed by atoms with Crippen LogP contribution in [0.2, 0.25) is 0 Å². The molecule has 18 heavy (non-hydrogen) atoms. The van der Waals surface area contributed by atoms with E-state index in [2.05, 4.69) is 5.32 Å². The third-order valence-corrected chi connectivity index (χ3v) is 3.04. The van der Waals surface area contributed by atoms with Gasteiger partial charge in [0.05, 0.1) is 5.60 Å². The van der Waals surface area contributed by atoms with Crippen molar-refractivity contribution < 1.29 is 24.2 Å². The Morgan fingerprint density at radius 3 is 2.56 bits per heavy atom. The smallest absolute Gasteiger partial charge is 0.371 e. The molecule has 6 nitrogen and oxygen atoms in total. The van der Waals surface area contributed by atoms with E-state index in [9.17, 15) is 14.7 Å². The maximum Gasteiger partial charge on any atom is 0.371 e. The summed E-state index contributed by atoms with van der Waals surface area (Å²) in [6, 6.07) is 2.49. The predicted molar refractivity (Wildman–Crippen MR) is 67.0 cm³/mol. The summed E-state index contributed by atoms with van der Waals surface area (Å²) in [6.07, 6.45) is 1.85. The Balaban J connectivity index is 2.57. The number of thioether (sulfide) groups is 1. The molecule has 1 heterocycles. The van der Waals surface area contributed by atoms with Crippen LogP contribution in [0.5, 0.6) is 0 Å². The van der Waals surface area contributed by atoms with E-state index < -0.39 is 17.5 Å². The number of rotatable bonds is 6. The molecule has 0 bridgehead atoms. The highest BCUT2D eigenvalue weighted by molar-refractivity contribution is 7.98. The highest BCUT2D eigenvalue weighted by Crippen LogP contribution is 2.11. The van der Waals surface area contributed by atoms with Crippen molar-refractivity contribution in [3.63, 3.8) is 0 Å². The number of nitrogens with one attached hydrogen (secondary N) is 1. The molecular weight excluding hydrogens is 258 g/mol. The van der Waals surface area contributed by atoms with Gasteiger partial charge in [0.25, 0.3) is 5.91 Å². The molecule has 0 fully saturated rings. The van der Waals surface area contributed by atoms with E-state index in [4.69, 9.17) is 9.52 Å². The quantitative estimate of drug-likeness (QED) is 0.709. The topological polar surface area (TPSA) is 99.8 Å². The molecule has 100 valence electrons. The van der Waals surface area contributed by atoms with Gasteiger partial charge < -0.3 is 19.9 Å². The van der Waals surface area contributed by atoms with Crippen LogP contribution < -0.4 is 5.32 Å². The summed E-state index contributed by atoms with van der Waals surface area (Å²) in [4.78, 5) is 22.2. The maximum atomic E-state index is 11.6. The van der Waals surface area contributed by atoms with Crippen LogP contribution in [0, 0.1) is 0 Å². The van der Waals surface area contributed by atoms with Crippen molar-refractivity contribution in [2.75, 3.05) is 18.6 Å². The van der Waals surface area contributed by atoms with Crippen molar-refractivity contribution in [1.82, 2.24) is 5.32 Å². The fourth-order valence-electron chi connectivity index (χ4n) is 1.29. The highest BCUT2D eigenvalue weighted by atomic mass is 32.2.